The van der Waals surface area contributed by atoms with Gasteiger partial charge in [-0.05, 0) is 39.9 Å². The van der Waals surface area contributed by atoms with Gasteiger partial charge in [-0.2, -0.15) is 5.26 Å². The number of hydrogen-bond acceptors (Lipinski definition) is 5. The summed E-state index contributed by atoms with van der Waals surface area (Å²) in [5, 5.41) is 9.21. The summed E-state index contributed by atoms with van der Waals surface area (Å²) in [6, 6.07) is 2.40. The number of nitriles is 1. The van der Waals surface area contributed by atoms with Crippen molar-refractivity contribution in [3.8, 4) is 6.07 Å². The van der Waals surface area contributed by atoms with E-state index >= 15 is 0 Å². The first-order chi connectivity index (χ1) is 8.66. The van der Waals surface area contributed by atoms with E-state index in [-0.39, 0.29) is 10.5 Å². The molecule has 0 amide bonds. The van der Waals surface area contributed by atoms with E-state index in [0.717, 1.165) is 25.9 Å². The van der Waals surface area contributed by atoms with Crippen molar-refractivity contribution in [3.05, 3.63) is 0 Å². The smallest absolute Gasteiger partial charge is 0.156 e. The minimum atomic E-state index is -3.05. The van der Waals surface area contributed by atoms with Crippen molar-refractivity contribution in [2.24, 2.45) is 0 Å². The molecule has 0 aromatic rings. The van der Waals surface area contributed by atoms with Gasteiger partial charge in [0.15, 0.2) is 9.84 Å². The van der Waals surface area contributed by atoms with E-state index in [2.05, 4.69) is 11.0 Å². The van der Waals surface area contributed by atoms with Crippen molar-refractivity contribution in [2.45, 2.75) is 43.1 Å². The standard InChI is InChI=1S/C13H24N2O2S2/c1-12(2,3)19(16,17)10-9-15-7-5-13(11-14,18-4)6-8-15/h5-10H2,1-4H3. The summed E-state index contributed by atoms with van der Waals surface area (Å²) in [5.74, 6) is 0.204. The maximum absolute atomic E-state index is 12.1. The van der Waals surface area contributed by atoms with Gasteiger partial charge in [-0.3, -0.25) is 0 Å². The predicted molar refractivity (Wildman–Crippen MR) is 81.1 cm³/mol. The monoisotopic (exact) mass is 304 g/mol. The quantitative estimate of drug-likeness (QED) is 0.794. The first-order valence-electron chi connectivity index (χ1n) is 6.57. The maximum atomic E-state index is 12.1. The third-order valence-corrected chi connectivity index (χ3v) is 7.73. The second kappa shape index (κ2) is 6.02. The summed E-state index contributed by atoms with van der Waals surface area (Å²) in [5.41, 5.74) is 0. The van der Waals surface area contributed by atoms with Crippen LogP contribution in [0.25, 0.3) is 0 Å². The molecule has 1 rings (SSSR count). The average Bonchev–Trinajstić information content (AvgIpc) is 2.36. The highest BCUT2D eigenvalue weighted by Crippen LogP contribution is 2.33. The van der Waals surface area contributed by atoms with Crippen molar-refractivity contribution < 1.29 is 8.42 Å². The van der Waals surface area contributed by atoms with Crippen LogP contribution in [0.15, 0.2) is 0 Å². The summed E-state index contributed by atoms with van der Waals surface area (Å²) in [4.78, 5) is 2.16. The Kier molecular flexibility index (Phi) is 5.33. The third kappa shape index (κ3) is 4.11. The van der Waals surface area contributed by atoms with Crippen LogP contribution >= 0.6 is 11.8 Å². The molecule has 0 aromatic heterocycles. The molecule has 1 aliphatic rings. The lowest BCUT2D eigenvalue weighted by molar-refractivity contribution is 0.228. The van der Waals surface area contributed by atoms with Gasteiger partial charge in [-0.25, -0.2) is 8.42 Å². The van der Waals surface area contributed by atoms with Crippen LogP contribution in [0.3, 0.4) is 0 Å². The molecule has 4 nitrogen and oxygen atoms in total. The second-order valence-corrected chi connectivity index (χ2v) is 10.1. The Labute approximate surface area is 121 Å². The van der Waals surface area contributed by atoms with Gasteiger partial charge in [0.1, 0.15) is 4.75 Å². The molecule has 0 atom stereocenters. The number of sulfone groups is 1. The van der Waals surface area contributed by atoms with Crippen LogP contribution < -0.4 is 0 Å². The van der Waals surface area contributed by atoms with Gasteiger partial charge in [-0.15, -0.1) is 11.8 Å². The molecule has 6 heteroatoms. The topological polar surface area (TPSA) is 61.2 Å². The lowest BCUT2D eigenvalue weighted by Gasteiger charge is -2.36. The molecule has 1 heterocycles. The molecule has 0 aromatic carbocycles. The fraction of sp³-hybridized carbons (Fsp3) is 0.923. The molecular weight excluding hydrogens is 280 g/mol. The molecule has 0 N–H and O–H groups in total. The highest BCUT2D eigenvalue weighted by Gasteiger charge is 2.35. The van der Waals surface area contributed by atoms with Crippen LogP contribution in [-0.4, -0.2) is 54.5 Å². The number of thioether (sulfide) groups is 1. The van der Waals surface area contributed by atoms with Gasteiger partial charge >= 0.3 is 0 Å². The Hall–Kier alpha value is -0.250. The molecule has 0 bridgehead atoms. The number of nitrogens with zero attached hydrogens (tertiary/aromatic N) is 2. The van der Waals surface area contributed by atoms with E-state index in [1.54, 1.807) is 32.5 Å². The van der Waals surface area contributed by atoms with Gasteiger partial charge in [-0.1, -0.05) is 0 Å². The molecule has 1 fully saturated rings. The SMILES string of the molecule is CSC1(C#N)CCN(CCS(=O)(=O)C(C)(C)C)CC1. The normalized spacial score (nSPS) is 21.0. The Morgan fingerprint density at radius 3 is 2.21 bits per heavy atom. The van der Waals surface area contributed by atoms with Crippen molar-refractivity contribution in [1.82, 2.24) is 4.90 Å². The van der Waals surface area contributed by atoms with Crippen molar-refractivity contribution in [3.63, 3.8) is 0 Å². The van der Waals surface area contributed by atoms with E-state index in [4.69, 9.17) is 0 Å². The molecule has 0 unspecified atom stereocenters. The van der Waals surface area contributed by atoms with Gasteiger partial charge in [0, 0.05) is 19.6 Å². The number of likely N-dealkylation sites (tertiary alicyclic amines) is 1. The minimum absolute atomic E-state index is 0.204. The highest BCUT2D eigenvalue weighted by molar-refractivity contribution is 8.00. The molecule has 0 spiro atoms. The van der Waals surface area contributed by atoms with Crippen LogP contribution in [0.4, 0.5) is 0 Å². The molecule has 0 radical (unpaired) electrons. The van der Waals surface area contributed by atoms with Crippen LogP contribution in [0.2, 0.25) is 0 Å². The van der Waals surface area contributed by atoms with E-state index in [9.17, 15) is 13.7 Å². The zero-order valence-electron chi connectivity index (χ0n) is 12.3. The van der Waals surface area contributed by atoms with Crippen LogP contribution in [0.5, 0.6) is 0 Å². The summed E-state index contributed by atoms with van der Waals surface area (Å²) in [6.07, 6.45) is 3.61. The molecule has 19 heavy (non-hydrogen) atoms. The lowest BCUT2D eigenvalue weighted by Crippen LogP contribution is -2.44. The van der Waals surface area contributed by atoms with Crippen molar-refractivity contribution in [2.75, 3.05) is 31.6 Å². The maximum Gasteiger partial charge on any atom is 0.156 e. The fourth-order valence-electron chi connectivity index (χ4n) is 2.05. The Bertz CT molecular complexity index is 438. The molecule has 1 aliphatic heterocycles. The number of rotatable bonds is 4. The van der Waals surface area contributed by atoms with E-state index in [0.29, 0.717) is 6.54 Å². The van der Waals surface area contributed by atoms with Crippen LogP contribution in [0.1, 0.15) is 33.6 Å². The van der Waals surface area contributed by atoms with E-state index in [1.165, 1.54) is 0 Å². The lowest BCUT2D eigenvalue weighted by atomic mass is 9.97. The van der Waals surface area contributed by atoms with E-state index in [1.807, 2.05) is 6.26 Å². The van der Waals surface area contributed by atoms with Gasteiger partial charge in [0.25, 0.3) is 0 Å². The first-order valence-corrected chi connectivity index (χ1v) is 9.44. The summed E-state index contributed by atoms with van der Waals surface area (Å²) in [7, 11) is -3.05. The number of hydrogen-bond donors (Lipinski definition) is 0. The van der Waals surface area contributed by atoms with Crippen LogP contribution in [-0.2, 0) is 9.84 Å². The van der Waals surface area contributed by atoms with E-state index < -0.39 is 14.6 Å². The average molecular weight is 304 g/mol. The zero-order valence-corrected chi connectivity index (χ0v) is 13.9. The summed E-state index contributed by atoms with van der Waals surface area (Å²) < 4.78 is 23.2. The summed E-state index contributed by atoms with van der Waals surface area (Å²) in [6.45, 7) is 7.44. The molecule has 110 valence electrons. The first kappa shape index (κ1) is 16.8. The van der Waals surface area contributed by atoms with Gasteiger partial charge < -0.3 is 4.90 Å². The molecule has 0 saturated carbocycles. The number of piperidine rings is 1. The van der Waals surface area contributed by atoms with Gasteiger partial charge in [0.2, 0.25) is 0 Å². The van der Waals surface area contributed by atoms with Gasteiger partial charge in [0.05, 0.1) is 16.6 Å². The Morgan fingerprint density at radius 2 is 1.84 bits per heavy atom. The Balaban J connectivity index is 2.50. The molecular formula is C13H24N2O2S2. The molecule has 1 saturated heterocycles. The fourth-order valence-corrected chi connectivity index (χ4v) is 3.85. The molecule has 0 aliphatic carbocycles. The van der Waals surface area contributed by atoms with Crippen molar-refractivity contribution in [1.29, 1.82) is 5.26 Å². The Morgan fingerprint density at radius 1 is 1.32 bits per heavy atom. The van der Waals surface area contributed by atoms with Crippen LogP contribution in [0, 0.1) is 11.3 Å². The minimum Gasteiger partial charge on any atom is -0.302 e. The third-order valence-electron chi connectivity index (χ3n) is 3.87. The predicted octanol–water partition coefficient (Wildman–Crippen LogP) is 1.92. The summed E-state index contributed by atoms with van der Waals surface area (Å²) >= 11 is 1.62. The second-order valence-electron chi connectivity index (χ2n) is 6.08. The zero-order chi connectivity index (χ0) is 14.7. The van der Waals surface area contributed by atoms with Crippen molar-refractivity contribution >= 4 is 21.6 Å². The largest absolute Gasteiger partial charge is 0.302 e. The highest BCUT2D eigenvalue weighted by atomic mass is 32.2.